The Morgan fingerprint density at radius 1 is 1.25 bits per heavy atom. The Balaban J connectivity index is 1.78. The van der Waals surface area contributed by atoms with Gasteiger partial charge in [-0.1, -0.05) is 12.1 Å². The molecule has 1 fully saturated rings. The van der Waals surface area contributed by atoms with Gasteiger partial charge in [0.05, 0.1) is 17.0 Å². The van der Waals surface area contributed by atoms with Crippen LogP contribution in [0.2, 0.25) is 0 Å². The average molecular weight is 365 g/mol. The molecule has 1 aromatic carbocycles. The van der Waals surface area contributed by atoms with Crippen molar-refractivity contribution in [1.29, 1.82) is 0 Å². The van der Waals surface area contributed by atoms with Crippen LogP contribution in [0.3, 0.4) is 0 Å². The minimum atomic E-state index is -3.39. The molecule has 3 rings (SSSR count). The Bertz CT molecular complexity index is 823. The van der Waals surface area contributed by atoms with E-state index in [1.807, 2.05) is 5.38 Å². The zero-order valence-corrected chi connectivity index (χ0v) is 15.0. The van der Waals surface area contributed by atoms with Gasteiger partial charge in [-0.05, 0) is 25.0 Å². The summed E-state index contributed by atoms with van der Waals surface area (Å²) in [6.45, 7) is 1.19. The van der Waals surface area contributed by atoms with Gasteiger partial charge in [0.25, 0.3) is 0 Å². The summed E-state index contributed by atoms with van der Waals surface area (Å²) in [6, 6.07) is 6.78. The zero-order chi connectivity index (χ0) is 17.2. The fourth-order valence-corrected chi connectivity index (χ4v) is 4.94. The van der Waals surface area contributed by atoms with Gasteiger partial charge in [-0.25, -0.2) is 13.4 Å². The van der Waals surface area contributed by atoms with Crippen LogP contribution >= 0.6 is 11.3 Å². The van der Waals surface area contributed by atoms with Crippen molar-refractivity contribution < 1.29 is 13.2 Å². The number of rotatable bonds is 5. The first kappa shape index (κ1) is 17.1. The smallest absolute Gasteiger partial charge is 0.243 e. The maximum absolute atomic E-state index is 12.5. The van der Waals surface area contributed by atoms with E-state index in [0.29, 0.717) is 18.0 Å². The highest BCUT2D eigenvalue weighted by molar-refractivity contribution is 7.89. The van der Waals surface area contributed by atoms with Crippen LogP contribution in [-0.2, 0) is 21.2 Å². The van der Waals surface area contributed by atoms with Crippen molar-refractivity contribution in [2.75, 3.05) is 20.1 Å². The van der Waals surface area contributed by atoms with Crippen molar-refractivity contribution in [3.8, 4) is 11.3 Å². The molecule has 6 nitrogen and oxygen atoms in total. The van der Waals surface area contributed by atoms with Crippen molar-refractivity contribution in [2.24, 2.45) is 0 Å². The summed E-state index contributed by atoms with van der Waals surface area (Å²) in [4.78, 5) is 16.1. The highest BCUT2D eigenvalue weighted by Crippen LogP contribution is 2.26. The van der Waals surface area contributed by atoms with Crippen LogP contribution in [-0.4, -0.2) is 43.8 Å². The van der Waals surface area contributed by atoms with Crippen LogP contribution in [0.1, 0.15) is 17.8 Å². The first-order chi connectivity index (χ1) is 11.5. The fourth-order valence-electron chi connectivity index (χ4n) is 2.63. The number of hydrogen-bond donors (Lipinski definition) is 1. The summed E-state index contributed by atoms with van der Waals surface area (Å²) in [6.07, 6.45) is 2.09. The van der Waals surface area contributed by atoms with Crippen molar-refractivity contribution in [2.45, 2.75) is 24.2 Å². The molecular weight excluding hydrogens is 346 g/mol. The molecule has 128 valence electrons. The molecule has 24 heavy (non-hydrogen) atoms. The molecule has 0 unspecified atom stereocenters. The molecule has 0 spiro atoms. The number of carbonyl (C=O) groups excluding carboxylic acids is 1. The third-order valence-electron chi connectivity index (χ3n) is 4.00. The van der Waals surface area contributed by atoms with E-state index in [0.717, 1.165) is 29.1 Å². The summed E-state index contributed by atoms with van der Waals surface area (Å²) in [7, 11) is -1.80. The van der Waals surface area contributed by atoms with Gasteiger partial charge in [-0.15, -0.1) is 11.3 Å². The van der Waals surface area contributed by atoms with Gasteiger partial charge in [-0.3, -0.25) is 4.79 Å². The zero-order valence-electron chi connectivity index (χ0n) is 13.4. The Morgan fingerprint density at radius 3 is 2.54 bits per heavy atom. The first-order valence-corrected chi connectivity index (χ1v) is 10.1. The van der Waals surface area contributed by atoms with Crippen LogP contribution in [0.25, 0.3) is 11.3 Å². The monoisotopic (exact) mass is 365 g/mol. The van der Waals surface area contributed by atoms with Gasteiger partial charge in [0, 0.05) is 31.1 Å². The molecule has 0 atom stereocenters. The predicted molar refractivity (Wildman–Crippen MR) is 93.3 cm³/mol. The third kappa shape index (κ3) is 3.50. The van der Waals surface area contributed by atoms with Crippen LogP contribution in [0.15, 0.2) is 34.5 Å². The number of nitrogens with zero attached hydrogens (tertiary/aromatic N) is 2. The fraction of sp³-hybridized carbons (Fsp3) is 0.375. The van der Waals surface area contributed by atoms with Crippen molar-refractivity contribution in [3.05, 3.63) is 34.7 Å². The van der Waals surface area contributed by atoms with E-state index in [-0.39, 0.29) is 12.3 Å². The first-order valence-electron chi connectivity index (χ1n) is 7.76. The van der Waals surface area contributed by atoms with E-state index >= 15 is 0 Å². The molecule has 1 N–H and O–H groups in total. The second-order valence-corrected chi connectivity index (χ2v) is 8.49. The van der Waals surface area contributed by atoms with Gasteiger partial charge in [-0.2, -0.15) is 4.31 Å². The molecule has 1 aliphatic heterocycles. The summed E-state index contributed by atoms with van der Waals surface area (Å²) in [5, 5.41) is 5.18. The summed E-state index contributed by atoms with van der Waals surface area (Å²) in [5.74, 6) is -0.0806. The van der Waals surface area contributed by atoms with Gasteiger partial charge < -0.3 is 5.32 Å². The number of likely N-dealkylation sites (N-methyl/N-ethyl adjacent to an activating group) is 1. The Kier molecular flexibility index (Phi) is 4.98. The Labute approximate surface area is 145 Å². The molecule has 0 radical (unpaired) electrons. The number of amides is 1. The van der Waals surface area contributed by atoms with E-state index in [1.54, 1.807) is 31.3 Å². The number of aromatic nitrogens is 1. The van der Waals surface area contributed by atoms with Crippen LogP contribution in [0, 0.1) is 0 Å². The molecule has 2 heterocycles. The lowest BCUT2D eigenvalue weighted by atomic mass is 10.2. The number of nitrogens with one attached hydrogen (secondary N) is 1. The molecule has 0 saturated carbocycles. The molecule has 8 heteroatoms. The molecule has 2 aromatic rings. The highest BCUT2D eigenvalue weighted by atomic mass is 32.2. The lowest BCUT2D eigenvalue weighted by Crippen LogP contribution is -2.27. The van der Waals surface area contributed by atoms with E-state index in [1.165, 1.54) is 15.6 Å². The van der Waals surface area contributed by atoms with Crippen molar-refractivity contribution in [1.82, 2.24) is 14.6 Å². The summed E-state index contributed by atoms with van der Waals surface area (Å²) >= 11 is 1.42. The van der Waals surface area contributed by atoms with Crippen LogP contribution < -0.4 is 5.32 Å². The van der Waals surface area contributed by atoms with E-state index in [4.69, 9.17) is 0 Å². The summed E-state index contributed by atoms with van der Waals surface area (Å²) in [5.41, 5.74) is 1.60. The maximum atomic E-state index is 12.5. The molecule has 1 saturated heterocycles. The average Bonchev–Trinajstić information content (AvgIpc) is 3.27. The van der Waals surface area contributed by atoms with E-state index in [2.05, 4.69) is 10.3 Å². The predicted octanol–water partition coefficient (Wildman–Crippen LogP) is 1.88. The molecule has 0 aliphatic carbocycles. The second-order valence-electron chi connectivity index (χ2n) is 5.61. The lowest BCUT2D eigenvalue weighted by molar-refractivity contribution is -0.119. The standard InChI is InChI=1S/C16H19N3O3S2/c1-17-15(20)10-16-18-14(11-23-16)12-4-6-13(7-5-12)24(21,22)19-8-2-3-9-19/h4-7,11H,2-3,8-10H2,1H3,(H,17,20). The van der Waals surface area contributed by atoms with E-state index < -0.39 is 10.0 Å². The lowest BCUT2D eigenvalue weighted by Gasteiger charge is -2.15. The number of benzene rings is 1. The largest absolute Gasteiger partial charge is 0.359 e. The van der Waals surface area contributed by atoms with Gasteiger partial charge in [0.1, 0.15) is 5.01 Å². The number of thiazole rings is 1. The van der Waals surface area contributed by atoms with Gasteiger partial charge >= 0.3 is 0 Å². The molecule has 1 amide bonds. The summed E-state index contributed by atoms with van der Waals surface area (Å²) < 4.78 is 26.6. The Morgan fingerprint density at radius 2 is 1.92 bits per heavy atom. The van der Waals surface area contributed by atoms with Gasteiger partial charge in [0.2, 0.25) is 15.9 Å². The molecular formula is C16H19N3O3S2. The van der Waals surface area contributed by atoms with Crippen LogP contribution in [0.5, 0.6) is 0 Å². The quantitative estimate of drug-likeness (QED) is 0.877. The number of hydrogen-bond acceptors (Lipinski definition) is 5. The normalized spacial score (nSPS) is 15.5. The SMILES string of the molecule is CNC(=O)Cc1nc(-c2ccc(S(=O)(=O)N3CCCC3)cc2)cs1. The highest BCUT2D eigenvalue weighted by Gasteiger charge is 2.26. The molecule has 1 aliphatic rings. The molecule has 1 aromatic heterocycles. The topological polar surface area (TPSA) is 79.4 Å². The minimum Gasteiger partial charge on any atom is -0.359 e. The Hall–Kier alpha value is -1.77. The van der Waals surface area contributed by atoms with Crippen molar-refractivity contribution in [3.63, 3.8) is 0 Å². The second kappa shape index (κ2) is 7.00. The molecule has 0 bridgehead atoms. The minimum absolute atomic E-state index is 0.0806. The van der Waals surface area contributed by atoms with Crippen LogP contribution in [0.4, 0.5) is 0 Å². The third-order valence-corrected chi connectivity index (χ3v) is 6.76. The van der Waals surface area contributed by atoms with Crippen molar-refractivity contribution >= 4 is 27.3 Å². The number of carbonyl (C=O) groups is 1. The van der Waals surface area contributed by atoms with E-state index in [9.17, 15) is 13.2 Å². The number of sulfonamides is 1. The maximum Gasteiger partial charge on any atom is 0.243 e. The van der Waals surface area contributed by atoms with Gasteiger partial charge in [0.15, 0.2) is 0 Å².